The number of carbonyl (C=O) groups is 2. The van der Waals surface area contributed by atoms with Gasteiger partial charge in [-0.05, 0) is 51.8 Å². The molecule has 0 bridgehead atoms. The topological polar surface area (TPSA) is 80.3 Å². The van der Waals surface area contributed by atoms with Crippen molar-refractivity contribution in [2.24, 2.45) is 0 Å². The zero-order chi connectivity index (χ0) is 21.7. The zero-order valence-electron chi connectivity index (χ0n) is 18.3. The number of esters is 1. The fraction of sp³-hybridized carbons (Fsp3) is 0.636. The molecule has 8 nitrogen and oxygen atoms in total. The van der Waals surface area contributed by atoms with E-state index in [0.717, 1.165) is 38.2 Å². The van der Waals surface area contributed by atoms with Gasteiger partial charge >= 0.3 is 12.1 Å². The van der Waals surface area contributed by atoms with E-state index in [9.17, 15) is 9.59 Å². The molecule has 1 N–H and O–H groups in total. The van der Waals surface area contributed by atoms with E-state index >= 15 is 0 Å². The molecule has 0 spiro atoms. The molecule has 2 aliphatic rings. The SMILES string of the molecule is COC(=O)c1cccc(N2CCOCC2N2CCC(NC(=O)OC(C)(C)C)CC2)c1. The maximum Gasteiger partial charge on any atom is 0.407 e. The van der Waals surface area contributed by atoms with E-state index in [2.05, 4.69) is 15.1 Å². The number of likely N-dealkylation sites (tertiary alicyclic amines) is 1. The average Bonchev–Trinajstić information content (AvgIpc) is 2.72. The van der Waals surface area contributed by atoms with Crippen LogP contribution in [0, 0.1) is 0 Å². The second-order valence-electron chi connectivity index (χ2n) is 8.75. The van der Waals surface area contributed by atoms with E-state index in [0.29, 0.717) is 18.8 Å². The third-order valence-corrected chi connectivity index (χ3v) is 5.37. The molecule has 2 saturated heterocycles. The number of methoxy groups -OCH3 is 1. The minimum Gasteiger partial charge on any atom is -0.465 e. The van der Waals surface area contributed by atoms with Gasteiger partial charge in [-0.1, -0.05) is 6.07 Å². The van der Waals surface area contributed by atoms with Gasteiger partial charge in [-0.2, -0.15) is 0 Å². The summed E-state index contributed by atoms with van der Waals surface area (Å²) in [5, 5.41) is 2.98. The first kappa shape index (κ1) is 22.4. The molecule has 0 aromatic heterocycles. The van der Waals surface area contributed by atoms with Crippen LogP contribution in [0.5, 0.6) is 0 Å². The van der Waals surface area contributed by atoms with Crippen molar-refractivity contribution in [1.82, 2.24) is 10.2 Å². The molecule has 1 amide bonds. The fourth-order valence-corrected chi connectivity index (χ4v) is 3.94. The number of hydrogen-bond donors (Lipinski definition) is 1. The van der Waals surface area contributed by atoms with Gasteiger partial charge in [-0.3, -0.25) is 4.90 Å². The van der Waals surface area contributed by atoms with Crippen LogP contribution in [0.1, 0.15) is 44.0 Å². The Kier molecular flexibility index (Phi) is 7.20. The molecule has 0 saturated carbocycles. The van der Waals surface area contributed by atoms with E-state index in [1.54, 1.807) is 6.07 Å². The summed E-state index contributed by atoms with van der Waals surface area (Å²) in [5.74, 6) is -0.337. The number of nitrogens with zero attached hydrogens (tertiary/aromatic N) is 2. The van der Waals surface area contributed by atoms with Gasteiger partial charge < -0.3 is 24.4 Å². The van der Waals surface area contributed by atoms with Crippen LogP contribution in [0.25, 0.3) is 0 Å². The Labute approximate surface area is 178 Å². The minimum atomic E-state index is -0.497. The van der Waals surface area contributed by atoms with Gasteiger partial charge in [0.15, 0.2) is 0 Å². The van der Waals surface area contributed by atoms with Crippen molar-refractivity contribution < 1.29 is 23.8 Å². The molecule has 0 aliphatic carbocycles. The van der Waals surface area contributed by atoms with Crippen LogP contribution < -0.4 is 10.2 Å². The van der Waals surface area contributed by atoms with Crippen molar-refractivity contribution in [2.75, 3.05) is 44.9 Å². The molecule has 1 unspecified atom stereocenters. The van der Waals surface area contributed by atoms with E-state index in [1.165, 1.54) is 7.11 Å². The number of alkyl carbamates (subject to hydrolysis) is 1. The molecular weight excluding hydrogens is 386 g/mol. The first-order valence-electron chi connectivity index (χ1n) is 10.5. The standard InChI is InChI=1S/C22H33N3O5/c1-22(2,3)30-21(27)23-17-8-10-24(11-9-17)19-15-29-13-12-25(19)18-7-5-6-16(14-18)20(26)28-4/h5-7,14,17,19H,8-13,15H2,1-4H3,(H,23,27). The summed E-state index contributed by atoms with van der Waals surface area (Å²) < 4.78 is 16.0. The zero-order valence-corrected chi connectivity index (χ0v) is 18.3. The Balaban J connectivity index is 1.61. The van der Waals surface area contributed by atoms with Crippen LogP contribution in [0.3, 0.4) is 0 Å². The molecule has 2 aliphatic heterocycles. The maximum atomic E-state index is 12.0. The molecule has 8 heteroatoms. The number of amides is 1. The predicted octanol–water partition coefficient (Wildman–Crippen LogP) is 2.62. The molecular formula is C22H33N3O5. The van der Waals surface area contributed by atoms with Crippen molar-refractivity contribution in [1.29, 1.82) is 0 Å². The first-order chi connectivity index (χ1) is 14.3. The molecule has 1 aromatic carbocycles. The van der Waals surface area contributed by atoms with Crippen molar-refractivity contribution in [3.05, 3.63) is 29.8 Å². The third-order valence-electron chi connectivity index (χ3n) is 5.37. The second-order valence-corrected chi connectivity index (χ2v) is 8.75. The van der Waals surface area contributed by atoms with Gasteiger partial charge in [0, 0.05) is 31.4 Å². The Morgan fingerprint density at radius 1 is 1.17 bits per heavy atom. The Morgan fingerprint density at radius 3 is 2.57 bits per heavy atom. The fourth-order valence-electron chi connectivity index (χ4n) is 3.94. The average molecular weight is 420 g/mol. The molecule has 30 heavy (non-hydrogen) atoms. The van der Waals surface area contributed by atoms with Gasteiger partial charge in [0.1, 0.15) is 11.8 Å². The van der Waals surface area contributed by atoms with Gasteiger partial charge in [-0.25, -0.2) is 9.59 Å². The van der Waals surface area contributed by atoms with Crippen LogP contribution in [0.2, 0.25) is 0 Å². The number of morpholine rings is 1. The Morgan fingerprint density at radius 2 is 1.90 bits per heavy atom. The van der Waals surface area contributed by atoms with Crippen LogP contribution >= 0.6 is 0 Å². The lowest BCUT2D eigenvalue weighted by Gasteiger charge is -2.46. The lowest BCUT2D eigenvalue weighted by atomic mass is 10.0. The van der Waals surface area contributed by atoms with Crippen LogP contribution in [0.4, 0.5) is 10.5 Å². The van der Waals surface area contributed by atoms with E-state index in [-0.39, 0.29) is 24.3 Å². The largest absolute Gasteiger partial charge is 0.465 e. The maximum absolute atomic E-state index is 12.0. The van der Waals surface area contributed by atoms with Gasteiger partial charge in [0.25, 0.3) is 0 Å². The van der Waals surface area contributed by atoms with E-state index in [1.807, 2.05) is 39.0 Å². The summed E-state index contributed by atoms with van der Waals surface area (Å²) in [5.41, 5.74) is 1.03. The quantitative estimate of drug-likeness (QED) is 0.752. The highest BCUT2D eigenvalue weighted by molar-refractivity contribution is 5.90. The molecule has 3 rings (SSSR count). The highest BCUT2D eigenvalue weighted by Gasteiger charge is 2.32. The van der Waals surface area contributed by atoms with Crippen LogP contribution in [0.15, 0.2) is 24.3 Å². The number of carbonyl (C=O) groups excluding carboxylic acids is 2. The monoisotopic (exact) mass is 419 g/mol. The van der Waals surface area contributed by atoms with Crippen LogP contribution in [-0.4, -0.2) is 74.7 Å². The van der Waals surface area contributed by atoms with Crippen molar-refractivity contribution >= 4 is 17.7 Å². The lowest BCUT2D eigenvalue weighted by molar-refractivity contribution is 0.0156. The molecule has 1 atom stereocenters. The number of benzene rings is 1. The molecule has 2 fully saturated rings. The number of piperidine rings is 1. The van der Waals surface area contributed by atoms with E-state index in [4.69, 9.17) is 14.2 Å². The number of anilines is 1. The number of rotatable bonds is 4. The van der Waals surface area contributed by atoms with Crippen molar-refractivity contribution in [3.8, 4) is 0 Å². The highest BCUT2D eigenvalue weighted by atomic mass is 16.6. The number of hydrogen-bond acceptors (Lipinski definition) is 7. The summed E-state index contributed by atoms with van der Waals surface area (Å²) in [4.78, 5) is 28.6. The lowest BCUT2D eigenvalue weighted by Crippen LogP contribution is -2.58. The van der Waals surface area contributed by atoms with Gasteiger partial charge in [0.2, 0.25) is 0 Å². The van der Waals surface area contributed by atoms with Gasteiger partial charge in [-0.15, -0.1) is 0 Å². The summed E-state index contributed by atoms with van der Waals surface area (Å²) in [6.07, 6.45) is 1.44. The summed E-state index contributed by atoms with van der Waals surface area (Å²) >= 11 is 0. The van der Waals surface area contributed by atoms with Gasteiger partial charge in [0.05, 0.1) is 25.9 Å². The first-order valence-corrected chi connectivity index (χ1v) is 10.5. The molecule has 0 radical (unpaired) electrons. The Hall–Kier alpha value is -2.32. The smallest absolute Gasteiger partial charge is 0.407 e. The number of ether oxygens (including phenoxy) is 3. The normalized spacial score (nSPS) is 21.2. The van der Waals surface area contributed by atoms with E-state index < -0.39 is 5.60 Å². The minimum absolute atomic E-state index is 0.0918. The second kappa shape index (κ2) is 9.66. The Bertz CT molecular complexity index is 741. The summed E-state index contributed by atoms with van der Waals surface area (Å²) in [6, 6.07) is 7.64. The highest BCUT2D eigenvalue weighted by Crippen LogP contribution is 2.25. The molecule has 1 aromatic rings. The third kappa shape index (κ3) is 5.86. The molecule has 166 valence electrons. The predicted molar refractivity (Wildman–Crippen MR) is 114 cm³/mol. The number of nitrogens with one attached hydrogen (secondary N) is 1. The van der Waals surface area contributed by atoms with Crippen molar-refractivity contribution in [3.63, 3.8) is 0 Å². The molecule has 2 heterocycles. The van der Waals surface area contributed by atoms with Crippen molar-refractivity contribution in [2.45, 2.75) is 51.4 Å². The van der Waals surface area contributed by atoms with Crippen LogP contribution in [-0.2, 0) is 14.2 Å². The summed E-state index contributed by atoms with van der Waals surface area (Å²) in [7, 11) is 1.39. The summed E-state index contributed by atoms with van der Waals surface area (Å²) in [6.45, 7) is 9.29.